The predicted octanol–water partition coefficient (Wildman–Crippen LogP) is 3.46. The standard InChI is InChI=1S/C20H25N3O/c1-3-24-19-11-9-18(10-12-19)22-20(17-7-5-4-6-8-17)23-14-13-21-16(2)15-23/h4-12,16,21H,3,13-15H2,1-2H3. The number of ether oxygens (including phenoxy) is 1. The van der Waals surface area contributed by atoms with Gasteiger partial charge in [0, 0.05) is 31.2 Å². The fourth-order valence-electron chi connectivity index (χ4n) is 2.94. The highest BCUT2D eigenvalue weighted by Crippen LogP contribution is 2.21. The van der Waals surface area contributed by atoms with E-state index in [9.17, 15) is 0 Å². The number of nitrogens with one attached hydrogen (secondary N) is 1. The van der Waals surface area contributed by atoms with Gasteiger partial charge in [-0.15, -0.1) is 0 Å². The molecule has 4 nitrogen and oxygen atoms in total. The van der Waals surface area contributed by atoms with Crippen molar-refractivity contribution in [2.24, 2.45) is 4.99 Å². The molecular formula is C20H25N3O. The molecule has 1 aliphatic heterocycles. The van der Waals surface area contributed by atoms with Crippen molar-refractivity contribution < 1.29 is 4.74 Å². The molecule has 0 bridgehead atoms. The minimum atomic E-state index is 0.466. The molecule has 1 unspecified atom stereocenters. The van der Waals surface area contributed by atoms with Gasteiger partial charge in [0.2, 0.25) is 0 Å². The van der Waals surface area contributed by atoms with Crippen LogP contribution >= 0.6 is 0 Å². The van der Waals surface area contributed by atoms with Gasteiger partial charge in [0.15, 0.2) is 0 Å². The maximum Gasteiger partial charge on any atom is 0.136 e. The van der Waals surface area contributed by atoms with Gasteiger partial charge in [-0.25, -0.2) is 4.99 Å². The molecular weight excluding hydrogens is 298 g/mol. The molecule has 0 spiro atoms. The molecule has 0 saturated carbocycles. The van der Waals surface area contributed by atoms with Gasteiger partial charge in [-0.1, -0.05) is 30.3 Å². The first-order valence-corrected chi connectivity index (χ1v) is 8.61. The first-order valence-electron chi connectivity index (χ1n) is 8.61. The highest BCUT2D eigenvalue weighted by molar-refractivity contribution is 6.00. The summed E-state index contributed by atoms with van der Waals surface area (Å²) in [6, 6.07) is 18.9. The van der Waals surface area contributed by atoms with E-state index in [-0.39, 0.29) is 0 Å². The summed E-state index contributed by atoms with van der Waals surface area (Å²) < 4.78 is 5.51. The molecule has 3 rings (SSSR count). The second-order valence-corrected chi connectivity index (χ2v) is 6.03. The van der Waals surface area contributed by atoms with Crippen LogP contribution in [0.1, 0.15) is 19.4 Å². The van der Waals surface area contributed by atoms with Crippen LogP contribution in [0.5, 0.6) is 5.75 Å². The molecule has 1 aliphatic rings. The number of piperazine rings is 1. The predicted molar refractivity (Wildman–Crippen MR) is 99.3 cm³/mol. The minimum Gasteiger partial charge on any atom is -0.494 e. The molecule has 0 radical (unpaired) electrons. The maximum atomic E-state index is 5.51. The van der Waals surface area contributed by atoms with E-state index in [1.807, 2.05) is 37.3 Å². The van der Waals surface area contributed by atoms with E-state index in [2.05, 4.69) is 41.4 Å². The number of hydrogen-bond acceptors (Lipinski definition) is 3. The molecule has 1 heterocycles. The lowest BCUT2D eigenvalue weighted by Gasteiger charge is -2.34. The highest BCUT2D eigenvalue weighted by atomic mass is 16.5. The summed E-state index contributed by atoms with van der Waals surface area (Å²) in [6.45, 7) is 7.80. The summed E-state index contributed by atoms with van der Waals surface area (Å²) in [4.78, 5) is 7.32. The van der Waals surface area contributed by atoms with Crippen LogP contribution in [0.3, 0.4) is 0 Å². The van der Waals surface area contributed by atoms with Crippen LogP contribution < -0.4 is 10.1 Å². The van der Waals surface area contributed by atoms with Crippen molar-refractivity contribution in [2.75, 3.05) is 26.2 Å². The molecule has 4 heteroatoms. The first-order chi connectivity index (χ1) is 11.8. The molecule has 126 valence electrons. The van der Waals surface area contributed by atoms with Crippen LogP contribution in [-0.4, -0.2) is 43.0 Å². The minimum absolute atomic E-state index is 0.466. The Hall–Kier alpha value is -2.33. The van der Waals surface area contributed by atoms with Crippen LogP contribution in [0.25, 0.3) is 0 Å². The van der Waals surface area contributed by atoms with E-state index < -0.39 is 0 Å². The smallest absolute Gasteiger partial charge is 0.136 e. The third kappa shape index (κ3) is 4.15. The van der Waals surface area contributed by atoms with E-state index in [0.29, 0.717) is 12.6 Å². The molecule has 1 atom stereocenters. The van der Waals surface area contributed by atoms with Crippen molar-refractivity contribution in [3.05, 3.63) is 60.2 Å². The number of amidine groups is 1. The van der Waals surface area contributed by atoms with Crippen LogP contribution in [0.2, 0.25) is 0 Å². The van der Waals surface area contributed by atoms with Gasteiger partial charge in [-0.2, -0.15) is 0 Å². The van der Waals surface area contributed by atoms with Gasteiger partial charge in [0.25, 0.3) is 0 Å². The fourth-order valence-corrected chi connectivity index (χ4v) is 2.94. The lowest BCUT2D eigenvalue weighted by Crippen LogP contribution is -2.51. The van der Waals surface area contributed by atoms with Gasteiger partial charge in [0.1, 0.15) is 11.6 Å². The molecule has 2 aromatic rings. The van der Waals surface area contributed by atoms with E-state index in [0.717, 1.165) is 42.5 Å². The SMILES string of the molecule is CCOc1ccc(N=C(c2ccccc2)N2CCNC(C)C2)cc1. The summed E-state index contributed by atoms with van der Waals surface area (Å²) >= 11 is 0. The van der Waals surface area contributed by atoms with Crippen LogP contribution in [0, 0.1) is 0 Å². The lowest BCUT2D eigenvalue weighted by molar-refractivity contribution is 0.304. The molecule has 1 fully saturated rings. The second-order valence-electron chi connectivity index (χ2n) is 6.03. The van der Waals surface area contributed by atoms with Gasteiger partial charge in [-0.3, -0.25) is 0 Å². The number of hydrogen-bond donors (Lipinski definition) is 1. The summed E-state index contributed by atoms with van der Waals surface area (Å²) in [7, 11) is 0. The summed E-state index contributed by atoms with van der Waals surface area (Å²) in [5, 5.41) is 3.49. The first kappa shape index (κ1) is 16.5. The molecule has 1 saturated heterocycles. The average molecular weight is 323 g/mol. The quantitative estimate of drug-likeness (QED) is 0.691. The maximum absolute atomic E-state index is 5.51. The average Bonchev–Trinajstić information content (AvgIpc) is 2.62. The third-order valence-corrected chi connectivity index (χ3v) is 4.08. The van der Waals surface area contributed by atoms with Gasteiger partial charge in [-0.05, 0) is 38.1 Å². The lowest BCUT2D eigenvalue weighted by atomic mass is 10.1. The van der Waals surface area contributed by atoms with Crippen molar-refractivity contribution in [3.8, 4) is 5.75 Å². The zero-order chi connectivity index (χ0) is 16.8. The number of rotatable bonds is 4. The van der Waals surface area contributed by atoms with Crippen LogP contribution in [0.15, 0.2) is 59.6 Å². The highest BCUT2D eigenvalue weighted by Gasteiger charge is 2.20. The molecule has 2 aromatic carbocycles. The Bertz CT molecular complexity index is 667. The Balaban J connectivity index is 1.91. The zero-order valence-electron chi connectivity index (χ0n) is 14.4. The van der Waals surface area contributed by atoms with Crippen molar-refractivity contribution in [3.63, 3.8) is 0 Å². The van der Waals surface area contributed by atoms with E-state index >= 15 is 0 Å². The molecule has 24 heavy (non-hydrogen) atoms. The third-order valence-electron chi connectivity index (χ3n) is 4.08. The normalized spacial score (nSPS) is 18.5. The Morgan fingerprint density at radius 3 is 2.58 bits per heavy atom. The number of nitrogens with zero attached hydrogens (tertiary/aromatic N) is 2. The van der Waals surface area contributed by atoms with Crippen LogP contribution in [-0.2, 0) is 0 Å². The molecule has 1 N–H and O–H groups in total. The fraction of sp³-hybridized carbons (Fsp3) is 0.350. The van der Waals surface area contributed by atoms with Crippen molar-refractivity contribution >= 4 is 11.5 Å². The van der Waals surface area contributed by atoms with Crippen LogP contribution in [0.4, 0.5) is 5.69 Å². The van der Waals surface area contributed by atoms with E-state index in [4.69, 9.17) is 9.73 Å². The largest absolute Gasteiger partial charge is 0.494 e. The second kappa shape index (κ2) is 7.97. The van der Waals surface area contributed by atoms with E-state index in [1.165, 1.54) is 0 Å². The Labute approximate surface area is 144 Å². The summed E-state index contributed by atoms with van der Waals surface area (Å²) in [5.41, 5.74) is 2.10. The van der Waals surface area contributed by atoms with Gasteiger partial charge < -0.3 is 15.0 Å². The monoisotopic (exact) mass is 323 g/mol. The Morgan fingerprint density at radius 2 is 1.92 bits per heavy atom. The Kier molecular flexibility index (Phi) is 5.49. The van der Waals surface area contributed by atoms with Crippen molar-refractivity contribution in [1.29, 1.82) is 0 Å². The Morgan fingerprint density at radius 1 is 1.17 bits per heavy atom. The molecule has 0 amide bonds. The van der Waals surface area contributed by atoms with Crippen molar-refractivity contribution in [1.82, 2.24) is 10.2 Å². The topological polar surface area (TPSA) is 36.9 Å². The van der Waals surface area contributed by atoms with Gasteiger partial charge in [0.05, 0.1) is 12.3 Å². The zero-order valence-corrected chi connectivity index (χ0v) is 14.4. The molecule has 0 aromatic heterocycles. The van der Waals surface area contributed by atoms with E-state index in [1.54, 1.807) is 0 Å². The summed E-state index contributed by atoms with van der Waals surface area (Å²) in [6.07, 6.45) is 0. The number of aliphatic imine (C=N–C) groups is 1. The molecule has 0 aliphatic carbocycles. The van der Waals surface area contributed by atoms with Crippen molar-refractivity contribution in [2.45, 2.75) is 19.9 Å². The summed E-state index contributed by atoms with van der Waals surface area (Å²) in [5.74, 6) is 1.92. The van der Waals surface area contributed by atoms with Gasteiger partial charge >= 0.3 is 0 Å². The number of benzene rings is 2.